The van der Waals surface area contributed by atoms with Crippen molar-refractivity contribution >= 4 is 29.1 Å². The maximum Gasteiger partial charge on any atom is 0.278 e. The molecule has 0 unspecified atom stereocenters. The van der Waals surface area contributed by atoms with Crippen molar-refractivity contribution in [3.8, 4) is 0 Å². The van der Waals surface area contributed by atoms with Gasteiger partial charge in [-0.15, -0.1) is 5.10 Å². The third-order valence-corrected chi connectivity index (χ3v) is 5.04. The van der Waals surface area contributed by atoms with Gasteiger partial charge < -0.3 is 10.6 Å². The number of nitrogens with one attached hydrogen (secondary N) is 2. The molecule has 0 aliphatic rings. The lowest BCUT2D eigenvalue weighted by Gasteiger charge is -2.09. The highest BCUT2D eigenvalue weighted by Gasteiger charge is 2.18. The molecule has 1 heterocycles. The minimum absolute atomic E-state index is 0.00171. The zero-order chi connectivity index (χ0) is 21.5. The van der Waals surface area contributed by atoms with Crippen LogP contribution in [-0.2, 0) is 24.2 Å². The SMILES string of the molecule is CCc1ccccc1NC(=O)c1nnn(CC(=O)NCCc2ccc(Cl)cc2)c1C. The predicted molar refractivity (Wildman–Crippen MR) is 117 cm³/mol. The van der Waals surface area contributed by atoms with Crippen molar-refractivity contribution in [1.29, 1.82) is 0 Å². The largest absolute Gasteiger partial charge is 0.354 e. The Morgan fingerprint density at radius 3 is 2.57 bits per heavy atom. The third kappa shape index (κ3) is 5.45. The standard InChI is InChI=1S/C22H24ClN5O2/c1-3-17-6-4-5-7-19(17)25-22(30)21-15(2)28(27-26-21)14-20(29)24-13-12-16-8-10-18(23)11-9-16/h4-11H,3,12-14H2,1-2H3,(H,24,29)(H,25,30). The zero-order valence-corrected chi connectivity index (χ0v) is 17.7. The summed E-state index contributed by atoms with van der Waals surface area (Å²) in [5.41, 5.74) is 3.61. The number of aryl methyl sites for hydroxylation is 1. The third-order valence-electron chi connectivity index (χ3n) is 4.79. The van der Waals surface area contributed by atoms with Gasteiger partial charge >= 0.3 is 0 Å². The molecule has 2 N–H and O–H groups in total. The molecule has 0 aliphatic heterocycles. The van der Waals surface area contributed by atoms with Crippen molar-refractivity contribution in [1.82, 2.24) is 20.3 Å². The molecule has 0 fully saturated rings. The number of hydrogen-bond acceptors (Lipinski definition) is 4. The number of rotatable bonds is 8. The van der Waals surface area contributed by atoms with E-state index in [0.29, 0.717) is 23.7 Å². The zero-order valence-electron chi connectivity index (χ0n) is 17.0. The number of carbonyl (C=O) groups is 2. The van der Waals surface area contributed by atoms with E-state index in [4.69, 9.17) is 11.6 Å². The van der Waals surface area contributed by atoms with Gasteiger partial charge in [-0.1, -0.05) is 54.1 Å². The number of halogens is 1. The normalized spacial score (nSPS) is 10.6. The van der Waals surface area contributed by atoms with Crippen molar-refractivity contribution in [2.45, 2.75) is 33.2 Å². The van der Waals surface area contributed by atoms with Gasteiger partial charge in [0.1, 0.15) is 6.54 Å². The first-order valence-corrected chi connectivity index (χ1v) is 10.2. The van der Waals surface area contributed by atoms with Crippen LogP contribution in [0.2, 0.25) is 5.02 Å². The summed E-state index contributed by atoms with van der Waals surface area (Å²) in [5, 5.41) is 14.3. The lowest BCUT2D eigenvalue weighted by atomic mass is 10.1. The minimum Gasteiger partial charge on any atom is -0.354 e. The number of aromatic nitrogens is 3. The van der Waals surface area contributed by atoms with E-state index in [1.54, 1.807) is 6.92 Å². The highest BCUT2D eigenvalue weighted by Crippen LogP contribution is 2.17. The lowest BCUT2D eigenvalue weighted by molar-refractivity contribution is -0.121. The van der Waals surface area contributed by atoms with E-state index in [9.17, 15) is 9.59 Å². The summed E-state index contributed by atoms with van der Waals surface area (Å²) in [4.78, 5) is 24.9. The molecule has 156 valence electrons. The van der Waals surface area contributed by atoms with Gasteiger partial charge in [0.05, 0.1) is 5.69 Å². The average Bonchev–Trinajstić information content (AvgIpc) is 3.10. The molecule has 7 nitrogen and oxygen atoms in total. The van der Waals surface area contributed by atoms with E-state index < -0.39 is 0 Å². The second-order valence-corrected chi connectivity index (χ2v) is 7.31. The quantitative estimate of drug-likeness (QED) is 0.578. The molecular formula is C22H24ClN5O2. The van der Waals surface area contributed by atoms with Gasteiger partial charge in [-0.2, -0.15) is 0 Å². The van der Waals surface area contributed by atoms with Crippen LogP contribution in [0.4, 0.5) is 5.69 Å². The summed E-state index contributed by atoms with van der Waals surface area (Å²) in [7, 11) is 0. The fourth-order valence-electron chi connectivity index (χ4n) is 3.04. The Morgan fingerprint density at radius 1 is 1.10 bits per heavy atom. The first-order chi connectivity index (χ1) is 14.5. The van der Waals surface area contributed by atoms with Gasteiger partial charge in [-0.05, 0) is 49.1 Å². The molecule has 2 aromatic carbocycles. The van der Waals surface area contributed by atoms with Crippen LogP contribution in [0.5, 0.6) is 0 Å². The van der Waals surface area contributed by atoms with Crippen molar-refractivity contribution in [3.05, 3.63) is 76.1 Å². The summed E-state index contributed by atoms with van der Waals surface area (Å²) in [6.45, 7) is 4.24. The smallest absolute Gasteiger partial charge is 0.278 e. The van der Waals surface area contributed by atoms with Crippen LogP contribution in [0.3, 0.4) is 0 Å². The molecule has 0 saturated heterocycles. The molecule has 0 aliphatic carbocycles. The van der Waals surface area contributed by atoms with E-state index in [1.165, 1.54) is 4.68 Å². The molecule has 0 radical (unpaired) electrons. The van der Waals surface area contributed by atoms with Crippen molar-refractivity contribution < 1.29 is 9.59 Å². The number of para-hydroxylation sites is 1. The summed E-state index contributed by atoms with van der Waals surface area (Å²) in [6, 6.07) is 15.1. The molecule has 2 amide bonds. The van der Waals surface area contributed by atoms with Crippen LogP contribution in [0.15, 0.2) is 48.5 Å². The van der Waals surface area contributed by atoms with E-state index >= 15 is 0 Å². The summed E-state index contributed by atoms with van der Waals surface area (Å²) in [5.74, 6) is -0.539. The van der Waals surface area contributed by atoms with E-state index in [-0.39, 0.29) is 24.1 Å². The van der Waals surface area contributed by atoms with Crippen LogP contribution in [0.25, 0.3) is 0 Å². The molecule has 1 aromatic heterocycles. The van der Waals surface area contributed by atoms with Gasteiger partial charge in [0.25, 0.3) is 5.91 Å². The number of hydrogen-bond donors (Lipinski definition) is 2. The molecule has 0 spiro atoms. The molecule has 8 heteroatoms. The van der Waals surface area contributed by atoms with Crippen molar-refractivity contribution in [3.63, 3.8) is 0 Å². The van der Waals surface area contributed by atoms with Crippen LogP contribution in [0.1, 0.15) is 34.2 Å². The molecule has 0 saturated carbocycles. The first-order valence-electron chi connectivity index (χ1n) is 9.78. The number of anilines is 1. The van der Waals surface area contributed by atoms with E-state index in [1.807, 2.05) is 55.5 Å². The average molecular weight is 426 g/mol. The summed E-state index contributed by atoms with van der Waals surface area (Å²) < 4.78 is 1.43. The molecule has 3 rings (SSSR count). The Labute approximate surface area is 180 Å². The van der Waals surface area contributed by atoms with Gasteiger partial charge in [0.2, 0.25) is 5.91 Å². The minimum atomic E-state index is -0.345. The van der Waals surface area contributed by atoms with Gasteiger partial charge in [0, 0.05) is 17.3 Å². The molecule has 0 bridgehead atoms. The Balaban J connectivity index is 1.55. The van der Waals surface area contributed by atoms with Crippen LogP contribution in [0, 0.1) is 6.92 Å². The second-order valence-electron chi connectivity index (χ2n) is 6.87. The van der Waals surface area contributed by atoms with Crippen molar-refractivity contribution in [2.75, 3.05) is 11.9 Å². The topological polar surface area (TPSA) is 88.9 Å². The van der Waals surface area contributed by atoms with Crippen LogP contribution in [-0.4, -0.2) is 33.4 Å². The van der Waals surface area contributed by atoms with Gasteiger partial charge in [0.15, 0.2) is 5.69 Å². The fourth-order valence-corrected chi connectivity index (χ4v) is 3.17. The second kappa shape index (κ2) is 10.0. The predicted octanol–water partition coefficient (Wildman–Crippen LogP) is 3.41. The Bertz CT molecular complexity index is 1030. The summed E-state index contributed by atoms with van der Waals surface area (Å²) >= 11 is 5.87. The highest BCUT2D eigenvalue weighted by molar-refractivity contribution is 6.30. The molecular weight excluding hydrogens is 402 g/mol. The van der Waals surface area contributed by atoms with Crippen LogP contribution < -0.4 is 10.6 Å². The number of carbonyl (C=O) groups excluding carboxylic acids is 2. The Hall–Kier alpha value is -3.19. The van der Waals surface area contributed by atoms with Crippen LogP contribution >= 0.6 is 11.6 Å². The molecule has 3 aromatic rings. The number of benzene rings is 2. The maximum absolute atomic E-state index is 12.6. The Kier molecular flexibility index (Phi) is 7.19. The van der Waals surface area contributed by atoms with Gasteiger partial charge in [-0.3, -0.25) is 9.59 Å². The highest BCUT2D eigenvalue weighted by atomic mass is 35.5. The number of amides is 2. The van der Waals surface area contributed by atoms with E-state index in [2.05, 4.69) is 20.9 Å². The fraction of sp³-hybridized carbons (Fsp3) is 0.273. The van der Waals surface area contributed by atoms with E-state index in [0.717, 1.165) is 23.2 Å². The Morgan fingerprint density at radius 2 is 1.83 bits per heavy atom. The molecule has 30 heavy (non-hydrogen) atoms. The van der Waals surface area contributed by atoms with Crippen molar-refractivity contribution in [2.24, 2.45) is 0 Å². The monoisotopic (exact) mass is 425 g/mol. The molecule has 0 atom stereocenters. The summed E-state index contributed by atoms with van der Waals surface area (Å²) in [6.07, 6.45) is 1.50. The first kappa shape index (κ1) is 21.5. The lowest BCUT2D eigenvalue weighted by Crippen LogP contribution is -2.30. The van der Waals surface area contributed by atoms with Gasteiger partial charge in [-0.25, -0.2) is 4.68 Å². The maximum atomic E-state index is 12.6. The number of nitrogens with zero attached hydrogens (tertiary/aromatic N) is 3.